The molecule has 0 saturated carbocycles. The topological polar surface area (TPSA) is 38.1 Å². The maximum absolute atomic E-state index is 6.20. The van der Waals surface area contributed by atoms with Crippen molar-refractivity contribution >= 4 is 11.6 Å². The van der Waals surface area contributed by atoms with Crippen molar-refractivity contribution in [3.8, 4) is 11.3 Å². The van der Waals surface area contributed by atoms with Gasteiger partial charge in [0.25, 0.3) is 0 Å². The molecule has 0 saturated heterocycles. The van der Waals surface area contributed by atoms with Gasteiger partial charge in [-0.2, -0.15) is 0 Å². The molecule has 1 aromatic carbocycles. The van der Waals surface area contributed by atoms with E-state index in [0.717, 1.165) is 42.2 Å². The average Bonchev–Trinajstić information content (AvgIpc) is 2.78. The van der Waals surface area contributed by atoms with Gasteiger partial charge in [-0.3, -0.25) is 0 Å². The van der Waals surface area contributed by atoms with Gasteiger partial charge >= 0.3 is 0 Å². The first-order valence-electron chi connectivity index (χ1n) is 6.06. The molecule has 0 atom stereocenters. The average molecular weight is 265 g/mol. The van der Waals surface area contributed by atoms with Gasteiger partial charge < -0.3 is 9.73 Å². The second kappa shape index (κ2) is 6.03. The van der Waals surface area contributed by atoms with E-state index in [1.807, 2.05) is 32.2 Å². The molecule has 0 aliphatic heterocycles. The number of aromatic nitrogens is 1. The van der Waals surface area contributed by atoms with E-state index in [9.17, 15) is 0 Å². The monoisotopic (exact) mass is 264 g/mol. The van der Waals surface area contributed by atoms with Crippen molar-refractivity contribution in [1.82, 2.24) is 10.3 Å². The van der Waals surface area contributed by atoms with Crippen molar-refractivity contribution in [3.05, 3.63) is 40.9 Å². The lowest BCUT2D eigenvalue weighted by Crippen LogP contribution is -2.08. The van der Waals surface area contributed by atoms with Gasteiger partial charge in [0.2, 0.25) is 0 Å². The number of oxazole rings is 1. The Balaban J connectivity index is 2.13. The van der Waals surface area contributed by atoms with Crippen LogP contribution >= 0.6 is 11.6 Å². The lowest BCUT2D eigenvalue weighted by Gasteiger charge is -2.01. The zero-order valence-electron chi connectivity index (χ0n) is 10.7. The van der Waals surface area contributed by atoms with Crippen LogP contribution in [0.4, 0.5) is 0 Å². The molecule has 0 radical (unpaired) electrons. The minimum absolute atomic E-state index is 0.702. The number of halogens is 1. The highest BCUT2D eigenvalue weighted by Crippen LogP contribution is 2.29. The van der Waals surface area contributed by atoms with Crippen molar-refractivity contribution < 1.29 is 4.42 Å². The van der Waals surface area contributed by atoms with Crippen molar-refractivity contribution in [3.63, 3.8) is 0 Å². The lowest BCUT2D eigenvalue weighted by atomic mass is 10.1. The summed E-state index contributed by atoms with van der Waals surface area (Å²) in [5.74, 6) is 1.50. The van der Waals surface area contributed by atoms with E-state index < -0.39 is 0 Å². The van der Waals surface area contributed by atoms with Crippen molar-refractivity contribution in [2.75, 3.05) is 13.6 Å². The highest BCUT2D eigenvalue weighted by atomic mass is 35.5. The highest BCUT2D eigenvalue weighted by Gasteiger charge is 2.09. The second-order valence-corrected chi connectivity index (χ2v) is 4.72. The molecule has 1 aromatic heterocycles. The summed E-state index contributed by atoms with van der Waals surface area (Å²) in [5.41, 5.74) is 2.03. The zero-order chi connectivity index (χ0) is 13.0. The molecule has 1 heterocycles. The number of nitrogens with one attached hydrogen (secondary N) is 1. The summed E-state index contributed by atoms with van der Waals surface area (Å²) in [4.78, 5) is 4.27. The van der Waals surface area contributed by atoms with Crippen molar-refractivity contribution in [1.29, 1.82) is 0 Å². The molecule has 0 fully saturated rings. The van der Waals surface area contributed by atoms with Crippen LogP contribution in [0.2, 0.25) is 5.02 Å². The standard InChI is InChI=1S/C14H17ClN2O/c1-10-5-6-11(12(15)8-10)13-9-17-14(18-13)4-3-7-16-2/h5-6,8-9,16H,3-4,7H2,1-2H3. The van der Waals surface area contributed by atoms with Crippen molar-refractivity contribution in [2.45, 2.75) is 19.8 Å². The molecule has 0 unspecified atom stereocenters. The van der Waals surface area contributed by atoms with Crippen LogP contribution in [-0.4, -0.2) is 18.6 Å². The van der Waals surface area contributed by atoms with E-state index in [2.05, 4.69) is 10.3 Å². The SMILES string of the molecule is CNCCCc1ncc(-c2ccc(C)cc2Cl)o1. The predicted molar refractivity (Wildman–Crippen MR) is 73.9 cm³/mol. The van der Waals surface area contributed by atoms with E-state index in [1.54, 1.807) is 6.20 Å². The quantitative estimate of drug-likeness (QED) is 0.841. The Morgan fingerprint density at radius 1 is 1.39 bits per heavy atom. The number of nitrogens with zero attached hydrogens (tertiary/aromatic N) is 1. The molecule has 96 valence electrons. The fourth-order valence-electron chi connectivity index (χ4n) is 1.79. The maximum Gasteiger partial charge on any atom is 0.194 e. The van der Waals surface area contributed by atoms with Crippen LogP contribution in [-0.2, 0) is 6.42 Å². The number of rotatable bonds is 5. The van der Waals surface area contributed by atoms with Gasteiger partial charge in [0, 0.05) is 12.0 Å². The van der Waals surface area contributed by atoms with Crippen LogP contribution in [0.5, 0.6) is 0 Å². The maximum atomic E-state index is 6.20. The third-order valence-electron chi connectivity index (χ3n) is 2.76. The summed E-state index contributed by atoms with van der Waals surface area (Å²) < 4.78 is 5.71. The Hall–Kier alpha value is -1.32. The van der Waals surface area contributed by atoms with E-state index >= 15 is 0 Å². The molecule has 4 heteroatoms. The Morgan fingerprint density at radius 2 is 2.22 bits per heavy atom. The van der Waals surface area contributed by atoms with Gasteiger partial charge in [-0.1, -0.05) is 17.7 Å². The Morgan fingerprint density at radius 3 is 2.94 bits per heavy atom. The molecular weight excluding hydrogens is 248 g/mol. The first-order chi connectivity index (χ1) is 8.70. The molecule has 2 rings (SSSR count). The van der Waals surface area contributed by atoms with E-state index in [-0.39, 0.29) is 0 Å². The Bertz CT molecular complexity index is 522. The van der Waals surface area contributed by atoms with E-state index in [1.165, 1.54) is 0 Å². The van der Waals surface area contributed by atoms with Crippen LogP contribution in [0.1, 0.15) is 17.9 Å². The van der Waals surface area contributed by atoms with E-state index in [4.69, 9.17) is 16.0 Å². The zero-order valence-corrected chi connectivity index (χ0v) is 11.4. The summed E-state index contributed by atoms with van der Waals surface area (Å²) >= 11 is 6.20. The molecule has 0 bridgehead atoms. The van der Waals surface area contributed by atoms with Crippen LogP contribution in [0, 0.1) is 6.92 Å². The third-order valence-corrected chi connectivity index (χ3v) is 3.07. The Kier molecular flexibility index (Phi) is 4.39. The van der Waals surface area contributed by atoms with Crippen molar-refractivity contribution in [2.24, 2.45) is 0 Å². The fourth-order valence-corrected chi connectivity index (χ4v) is 2.11. The summed E-state index contributed by atoms with van der Waals surface area (Å²) in [6, 6.07) is 5.92. The van der Waals surface area contributed by atoms with Crippen LogP contribution in [0.25, 0.3) is 11.3 Å². The number of hydrogen-bond donors (Lipinski definition) is 1. The molecule has 2 aromatic rings. The molecule has 18 heavy (non-hydrogen) atoms. The first kappa shape index (κ1) is 13.1. The molecule has 0 aliphatic rings. The van der Waals surface area contributed by atoms with E-state index in [0.29, 0.717) is 5.02 Å². The van der Waals surface area contributed by atoms with Gasteiger partial charge in [0.05, 0.1) is 11.2 Å². The van der Waals surface area contributed by atoms with Crippen LogP contribution in [0.15, 0.2) is 28.8 Å². The van der Waals surface area contributed by atoms with Gasteiger partial charge in [0.15, 0.2) is 11.7 Å². The smallest absolute Gasteiger partial charge is 0.194 e. The molecule has 0 amide bonds. The summed E-state index contributed by atoms with van der Waals surface area (Å²) in [6.07, 6.45) is 3.59. The van der Waals surface area contributed by atoms with Gasteiger partial charge in [-0.15, -0.1) is 0 Å². The number of aryl methyl sites for hydroxylation is 2. The Labute approximate surface area is 112 Å². The third kappa shape index (κ3) is 3.12. The summed E-state index contributed by atoms with van der Waals surface area (Å²) in [6.45, 7) is 2.97. The first-order valence-corrected chi connectivity index (χ1v) is 6.44. The minimum Gasteiger partial charge on any atom is -0.441 e. The number of benzene rings is 1. The lowest BCUT2D eigenvalue weighted by molar-refractivity contribution is 0.495. The summed E-state index contributed by atoms with van der Waals surface area (Å²) in [7, 11) is 1.94. The van der Waals surface area contributed by atoms with Crippen LogP contribution in [0.3, 0.4) is 0 Å². The molecule has 3 nitrogen and oxygen atoms in total. The highest BCUT2D eigenvalue weighted by molar-refractivity contribution is 6.33. The van der Waals surface area contributed by atoms with Gasteiger partial charge in [-0.05, 0) is 44.6 Å². The molecule has 1 N–H and O–H groups in total. The minimum atomic E-state index is 0.702. The molecule has 0 spiro atoms. The normalized spacial score (nSPS) is 10.8. The fraction of sp³-hybridized carbons (Fsp3) is 0.357. The summed E-state index contributed by atoms with van der Waals surface area (Å²) in [5, 5.41) is 3.80. The molecular formula is C14H17ClN2O. The second-order valence-electron chi connectivity index (χ2n) is 4.31. The van der Waals surface area contributed by atoms with Gasteiger partial charge in [0.1, 0.15) is 0 Å². The van der Waals surface area contributed by atoms with Crippen LogP contribution < -0.4 is 5.32 Å². The largest absolute Gasteiger partial charge is 0.441 e. The number of hydrogen-bond acceptors (Lipinski definition) is 3. The predicted octanol–water partition coefficient (Wildman–Crippen LogP) is 3.46. The molecule has 0 aliphatic carbocycles. The van der Waals surface area contributed by atoms with Gasteiger partial charge in [-0.25, -0.2) is 4.98 Å².